The van der Waals surface area contributed by atoms with Crippen LogP contribution in [-0.2, 0) is 4.74 Å². The van der Waals surface area contributed by atoms with Gasteiger partial charge in [0.05, 0.1) is 13.7 Å². The van der Waals surface area contributed by atoms with Gasteiger partial charge in [-0.3, -0.25) is 0 Å². The normalized spacial score (nSPS) is 18.2. The number of hydrogen-bond acceptors (Lipinski definition) is 3. The van der Waals surface area contributed by atoms with Crippen molar-refractivity contribution in [3.05, 3.63) is 29.8 Å². The minimum Gasteiger partial charge on any atom is -0.497 e. The maximum Gasteiger partial charge on any atom is 0.181 e. The van der Waals surface area contributed by atoms with Crippen LogP contribution in [0.5, 0.6) is 5.75 Å². The predicted octanol–water partition coefficient (Wildman–Crippen LogP) is 2.89. The highest BCUT2D eigenvalue weighted by Crippen LogP contribution is 2.27. The third-order valence-electron chi connectivity index (χ3n) is 3.37. The molecule has 0 saturated heterocycles. The minimum absolute atomic E-state index is 0.628. The van der Waals surface area contributed by atoms with Gasteiger partial charge in [-0.05, 0) is 30.9 Å². The predicted molar refractivity (Wildman–Crippen MR) is 65.9 cm³/mol. The molecule has 0 heterocycles. The summed E-state index contributed by atoms with van der Waals surface area (Å²) >= 11 is 0. The molecule has 0 spiro atoms. The Balaban J connectivity index is 1.83. The molecule has 0 radical (unpaired) electrons. The Hall–Kier alpha value is -1.06. The van der Waals surface area contributed by atoms with Crippen LogP contribution >= 0.6 is 0 Å². The average Bonchev–Trinajstić information content (AvgIpc) is 2.89. The standard InChI is InChI=1S/C14H20O3/c1-16-13-8-6-12(7-9-13)14(15)17-10-11-4-2-3-5-11/h6-9,11,14-15H,2-5,10H2,1H3. The maximum atomic E-state index is 9.88. The van der Waals surface area contributed by atoms with Gasteiger partial charge in [0.1, 0.15) is 5.75 Å². The lowest BCUT2D eigenvalue weighted by atomic mass is 10.1. The Labute approximate surface area is 102 Å². The van der Waals surface area contributed by atoms with Gasteiger partial charge >= 0.3 is 0 Å². The summed E-state index contributed by atoms with van der Waals surface area (Å²) < 4.78 is 10.6. The van der Waals surface area contributed by atoms with E-state index in [4.69, 9.17) is 9.47 Å². The molecule has 1 atom stereocenters. The Kier molecular flexibility index (Phi) is 4.40. The van der Waals surface area contributed by atoms with Gasteiger partial charge in [0.25, 0.3) is 0 Å². The Morgan fingerprint density at radius 1 is 1.24 bits per heavy atom. The lowest BCUT2D eigenvalue weighted by Crippen LogP contribution is -2.10. The summed E-state index contributed by atoms with van der Waals surface area (Å²) in [7, 11) is 1.63. The molecule has 1 fully saturated rings. The molecular weight excluding hydrogens is 216 g/mol. The third kappa shape index (κ3) is 3.45. The van der Waals surface area contributed by atoms with E-state index in [9.17, 15) is 5.11 Å². The van der Waals surface area contributed by atoms with Gasteiger partial charge in [-0.25, -0.2) is 0 Å². The van der Waals surface area contributed by atoms with Gasteiger partial charge in [0.2, 0.25) is 0 Å². The van der Waals surface area contributed by atoms with E-state index in [1.807, 2.05) is 24.3 Å². The SMILES string of the molecule is COc1ccc(C(O)OCC2CCCC2)cc1. The van der Waals surface area contributed by atoms with Crippen LogP contribution in [0.25, 0.3) is 0 Å². The number of rotatable bonds is 5. The number of aliphatic hydroxyl groups excluding tert-OH is 1. The first-order valence-corrected chi connectivity index (χ1v) is 6.23. The molecule has 3 heteroatoms. The number of hydrogen-bond donors (Lipinski definition) is 1. The first-order valence-electron chi connectivity index (χ1n) is 6.23. The zero-order valence-electron chi connectivity index (χ0n) is 10.3. The molecule has 0 aromatic heterocycles. The number of aliphatic hydroxyl groups is 1. The molecular formula is C14H20O3. The van der Waals surface area contributed by atoms with Gasteiger partial charge in [0.15, 0.2) is 6.29 Å². The molecule has 94 valence electrons. The van der Waals surface area contributed by atoms with Crippen molar-refractivity contribution in [3.8, 4) is 5.75 Å². The van der Waals surface area contributed by atoms with Crippen LogP contribution in [0.2, 0.25) is 0 Å². The number of ether oxygens (including phenoxy) is 2. The average molecular weight is 236 g/mol. The van der Waals surface area contributed by atoms with E-state index in [0.29, 0.717) is 12.5 Å². The van der Waals surface area contributed by atoms with Gasteiger partial charge in [-0.15, -0.1) is 0 Å². The van der Waals surface area contributed by atoms with E-state index in [1.165, 1.54) is 25.7 Å². The smallest absolute Gasteiger partial charge is 0.181 e. The quantitative estimate of drug-likeness (QED) is 0.799. The molecule has 1 aromatic carbocycles. The summed E-state index contributed by atoms with van der Waals surface area (Å²) in [4.78, 5) is 0. The van der Waals surface area contributed by atoms with Crippen LogP contribution in [0.15, 0.2) is 24.3 Å². The zero-order valence-corrected chi connectivity index (χ0v) is 10.3. The first-order chi connectivity index (χ1) is 8.29. The molecule has 1 N–H and O–H groups in total. The lowest BCUT2D eigenvalue weighted by Gasteiger charge is -2.15. The van der Waals surface area contributed by atoms with Crippen LogP contribution in [0.3, 0.4) is 0 Å². The molecule has 0 bridgehead atoms. The van der Waals surface area contributed by atoms with Crippen molar-refractivity contribution >= 4 is 0 Å². The maximum absolute atomic E-state index is 9.88. The van der Waals surface area contributed by atoms with Crippen LogP contribution in [0.1, 0.15) is 37.5 Å². The van der Waals surface area contributed by atoms with E-state index >= 15 is 0 Å². The molecule has 17 heavy (non-hydrogen) atoms. The minimum atomic E-state index is -0.818. The van der Waals surface area contributed by atoms with Crippen LogP contribution in [0, 0.1) is 5.92 Å². The van der Waals surface area contributed by atoms with Crippen LogP contribution in [0.4, 0.5) is 0 Å². The fourth-order valence-electron chi connectivity index (χ4n) is 2.27. The van der Waals surface area contributed by atoms with E-state index in [-0.39, 0.29) is 0 Å². The van der Waals surface area contributed by atoms with E-state index in [1.54, 1.807) is 7.11 Å². The molecule has 1 aliphatic rings. The van der Waals surface area contributed by atoms with Crippen LogP contribution in [-0.4, -0.2) is 18.8 Å². The molecule has 0 aliphatic heterocycles. The van der Waals surface area contributed by atoms with Crippen molar-refractivity contribution in [2.45, 2.75) is 32.0 Å². The third-order valence-corrected chi connectivity index (χ3v) is 3.37. The fourth-order valence-corrected chi connectivity index (χ4v) is 2.27. The summed E-state index contributed by atoms with van der Waals surface area (Å²) in [6, 6.07) is 7.32. The zero-order chi connectivity index (χ0) is 12.1. The van der Waals surface area contributed by atoms with Crippen molar-refractivity contribution in [3.63, 3.8) is 0 Å². The summed E-state index contributed by atoms with van der Waals surface area (Å²) in [5.41, 5.74) is 0.781. The molecule has 1 aliphatic carbocycles. The lowest BCUT2D eigenvalue weighted by molar-refractivity contribution is -0.113. The van der Waals surface area contributed by atoms with E-state index < -0.39 is 6.29 Å². The largest absolute Gasteiger partial charge is 0.497 e. The Morgan fingerprint density at radius 2 is 1.88 bits per heavy atom. The topological polar surface area (TPSA) is 38.7 Å². The van der Waals surface area contributed by atoms with Crippen molar-refractivity contribution < 1.29 is 14.6 Å². The summed E-state index contributed by atoms with van der Waals surface area (Å²) in [5.74, 6) is 1.42. The highest BCUT2D eigenvalue weighted by molar-refractivity contribution is 5.27. The Morgan fingerprint density at radius 3 is 2.47 bits per heavy atom. The molecule has 1 aromatic rings. The van der Waals surface area contributed by atoms with Crippen molar-refractivity contribution in [2.75, 3.05) is 13.7 Å². The van der Waals surface area contributed by atoms with Crippen molar-refractivity contribution in [2.24, 2.45) is 5.92 Å². The second kappa shape index (κ2) is 6.03. The van der Waals surface area contributed by atoms with Crippen LogP contribution < -0.4 is 4.74 Å². The molecule has 3 nitrogen and oxygen atoms in total. The van der Waals surface area contributed by atoms with E-state index in [0.717, 1.165) is 11.3 Å². The highest BCUT2D eigenvalue weighted by atomic mass is 16.6. The molecule has 0 amide bonds. The van der Waals surface area contributed by atoms with Crippen molar-refractivity contribution in [1.82, 2.24) is 0 Å². The number of methoxy groups -OCH3 is 1. The van der Waals surface area contributed by atoms with Gasteiger partial charge in [0, 0.05) is 5.56 Å². The van der Waals surface area contributed by atoms with Gasteiger partial charge in [-0.2, -0.15) is 0 Å². The number of benzene rings is 1. The molecule has 1 unspecified atom stereocenters. The summed E-state index contributed by atoms with van der Waals surface area (Å²) in [6.07, 6.45) is 4.24. The van der Waals surface area contributed by atoms with E-state index in [2.05, 4.69) is 0 Å². The molecule has 2 rings (SSSR count). The first kappa shape index (κ1) is 12.4. The fraction of sp³-hybridized carbons (Fsp3) is 0.571. The Bertz CT molecular complexity index is 328. The summed E-state index contributed by atoms with van der Waals surface area (Å²) in [6.45, 7) is 0.660. The van der Waals surface area contributed by atoms with Crippen molar-refractivity contribution in [1.29, 1.82) is 0 Å². The highest BCUT2D eigenvalue weighted by Gasteiger charge is 2.17. The monoisotopic (exact) mass is 236 g/mol. The summed E-state index contributed by atoms with van der Waals surface area (Å²) in [5, 5.41) is 9.88. The second-order valence-electron chi connectivity index (χ2n) is 4.61. The van der Waals surface area contributed by atoms with Gasteiger partial charge < -0.3 is 14.6 Å². The van der Waals surface area contributed by atoms with Gasteiger partial charge in [-0.1, -0.05) is 25.0 Å². The second-order valence-corrected chi connectivity index (χ2v) is 4.61. The molecule has 1 saturated carbocycles.